The molecule has 0 saturated heterocycles. The predicted molar refractivity (Wildman–Crippen MR) is 86.9 cm³/mol. The smallest absolute Gasteiger partial charge is 0.316 e. The Morgan fingerprint density at radius 1 is 1.05 bits per heavy atom. The lowest BCUT2D eigenvalue weighted by molar-refractivity contribution is 0.259. The molecule has 116 valence electrons. The maximum absolute atomic E-state index is 12.3. The molecule has 4 N–H and O–H groups in total. The second kappa shape index (κ2) is 6.43. The first-order chi connectivity index (χ1) is 10.3. The molecule has 6 nitrogen and oxygen atoms in total. The van der Waals surface area contributed by atoms with Gasteiger partial charge in [0.15, 0.2) is 0 Å². The van der Waals surface area contributed by atoms with E-state index in [0.717, 1.165) is 0 Å². The summed E-state index contributed by atoms with van der Waals surface area (Å²) in [5.41, 5.74) is 5.60. The Hall–Kier alpha value is -1.96. The second-order valence-electron chi connectivity index (χ2n) is 4.23. The van der Waals surface area contributed by atoms with Crippen LogP contribution >= 0.6 is 23.2 Å². The van der Waals surface area contributed by atoms with Crippen LogP contribution in [0.3, 0.4) is 0 Å². The van der Waals surface area contributed by atoms with Crippen LogP contribution in [0.5, 0.6) is 0 Å². The molecule has 22 heavy (non-hydrogen) atoms. The third kappa shape index (κ3) is 3.82. The molecule has 0 atom stereocenters. The summed E-state index contributed by atoms with van der Waals surface area (Å²) in [4.78, 5) is 10.7. The molecule has 2 rings (SSSR count). The van der Waals surface area contributed by atoms with E-state index in [0.29, 0.717) is 5.69 Å². The number of hydrogen-bond acceptors (Lipinski definition) is 3. The van der Waals surface area contributed by atoms with Crippen LogP contribution in [0.15, 0.2) is 47.4 Å². The molecule has 0 bridgehead atoms. The van der Waals surface area contributed by atoms with Crippen LogP contribution in [0.4, 0.5) is 16.2 Å². The molecule has 2 aromatic carbocycles. The van der Waals surface area contributed by atoms with E-state index in [1.54, 1.807) is 12.1 Å². The summed E-state index contributed by atoms with van der Waals surface area (Å²) in [6.45, 7) is 0. The largest absolute Gasteiger partial charge is 0.351 e. The molecule has 0 radical (unpaired) electrons. The number of anilines is 2. The topological polar surface area (TPSA) is 101 Å². The summed E-state index contributed by atoms with van der Waals surface area (Å²) in [5, 5.41) is 2.41. The maximum Gasteiger partial charge on any atom is 0.316 e. The van der Waals surface area contributed by atoms with E-state index in [9.17, 15) is 13.2 Å². The first-order valence-electron chi connectivity index (χ1n) is 5.93. The van der Waals surface area contributed by atoms with Crippen molar-refractivity contribution in [3.8, 4) is 0 Å². The van der Waals surface area contributed by atoms with Crippen molar-refractivity contribution in [3.05, 3.63) is 52.5 Å². The van der Waals surface area contributed by atoms with E-state index in [4.69, 9.17) is 28.9 Å². The highest BCUT2D eigenvalue weighted by Gasteiger charge is 2.19. The number of hydrogen-bond donors (Lipinski definition) is 3. The number of urea groups is 1. The van der Waals surface area contributed by atoms with Gasteiger partial charge in [-0.1, -0.05) is 35.3 Å². The van der Waals surface area contributed by atoms with Crippen LogP contribution in [0.1, 0.15) is 0 Å². The second-order valence-corrected chi connectivity index (χ2v) is 6.66. The maximum atomic E-state index is 12.3. The Morgan fingerprint density at radius 3 is 2.36 bits per heavy atom. The molecule has 9 heteroatoms. The number of rotatable bonds is 4. The summed E-state index contributed by atoms with van der Waals surface area (Å²) in [6.07, 6.45) is 0. The lowest BCUT2D eigenvalue weighted by Crippen LogP contribution is -2.19. The number of carbonyl (C=O) groups is 1. The van der Waals surface area contributed by atoms with Crippen LogP contribution in [-0.2, 0) is 10.0 Å². The molecule has 0 aliphatic carbocycles. The number of nitrogens with two attached hydrogens (primary N) is 1. The highest BCUT2D eigenvalue weighted by Crippen LogP contribution is 2.30. The zero-order valence-electron chi connectivity index (χ0n) is 11.0. The van der Waals surface area contributed by atoms with Crippen LogP contribution in [-0.4, -0.2) is 14.4 Å². The van der Waals surface area contributed by atoms with Crippen molar-refractivity contribution in [1.82, 2.24) is 0 Å². The quantitative estimate of drug-likeness (QED) is 0.780. The Kier molecular flexibility index (Phi) is 4.80. The van der Waals surface area contributed by atoms with E-state index in [-0.39, 0.29) is 20.6 Å². The molecular weight excluding hydrogens is 349 g/mol. The van der Waals surface area contributed by atoms with Gasteiger partial charge in [0.2, 0.25) is 0 Å². The molecule has 2 aromatic rings. The standard InChI is InChI=1S/C13H11Cl2N3O3S/c14-10-5-2-6-11(12(10)15)22(20,21)18-9-4-1-3-8(7-9)17-13(16)19/h1-7,18H,(H3,16,17,19). The van der Waals surface area contributed by atoms with E-state index >= 15 is 0 Å². The molecule has 0 aliphatic heterocycles. The molecular formula is C13H11Cl2N3O3S. The van der Waals surface area contributed by atoms with Crippen LogP contribution < -0.4 is 15.8 Å². The third-order valence-corrected chi connectivity index (χ3v) is 4.94. The Balaban J connectivity index is 2.33. The average Bonchev–Trinajstić information content (AvgIpc) is 2.40. The summed E-state index contributed by atoms with van der Waals surface area (Å²) in [5.74, 6) is 0. The van der Waals surface area contributed by atoms with Gasteiger partial charge in [0.1, 0.15) is 4.90 Å². The molecule has 0 spiro atoms. The van der Waals surface area contributed by atoms with Crippen molar-refractivity contribution < 1.29 is 13.2 Å². The minimum absolute atomic E-state index is 0.0666. The van der Waals surface area contributed by atoms with Crippen molar-refractivity contribution in [3.63, 3.8) is 0 Å². The first-order valence-corrected chi connectivity index (χ1v) is 8.17. The van der Waals surface area contributed by atoms with Gasteiger partial charge in [0.05, 0.1) is 15.7 Å². The third-order valence-electron chi connectivity index (χ3n) is 2.59. The highest BCUT2D eigenvalue weighted by molar-refractivity contribution is 7.92. The Labute approximate surface area is 137 Å². The predicted octanol–water partition coefficient (Wildman–Crippen LogP) is 3.28. The fraction of sp³-hybridized carbons (Fsp3) is 0. The minimum Gasteiger partial charge on any atom is -0.351 e. The van der Waals surface area contributed by atoms with Gasteiger partial charge >= 0.3 is 6.03 Å². The van der Waals surface area contributed by atoms with Crippen molar-refractivity contribution in [2.45, 2.75) is 4.90 Å². The van der Waals surface area contributed by atoms with Gasteiger partial charge in [-0.3, -0.25) is 4.72 Å². The minimum atomic E-state index is -3.92. The Morgan fingerprint density at radius 2 is 1.68 bits per heavy atom. The highest BCUT2D eigenvalue weighted by atomic mass is 35.5. The van der Waals surface area contributed by atoms with Gasteiger partial charge < -0.3 is 11.1 Å². The van der Waals surface area contributed by atoms with Crippen molar-refractivity contribution >= 4 is 50.6 Å². The molecule has 0 aliphatic rings. The van der Waals surface area contributed by atoms with E-state index in [2.05, 4.69) is 10.0 Å². The summed E-state index contributed by atoms with van der Waals surface area (Å²) in [7, 11) is -3.92. The lowest BCUT2D eigenvalue weighted by atomic mass is 10.3. The van der Waals surface area contributed by atoms with E-state index in [1.165, 1.54) is 30.3 Å². The lowest BCUT2D eigenvalue weighted by Gasteiger charge is -2.11. The van der Waals surface area contributed by atoms with E-state index in [1.807, 2.05) is 0 Å². The van der Waals surface area contributed by atoms with Gasteiger partial charge in [-0.2, -0.15) is 0 Å². The fourth-order valence-electron chi connectivity index (χ4n) is 1.70. The number of benzene rings is 2. The molecule has 0 unspecified atom stereocenters. The Bertz CT molecular complexity index is 825. The molecule has 0 aromatic heterocycles. The van der Waals surface area contributed by atoms with Crippen molar-refractivity contribution in [1.29, 1.82) is 0 Å². The van der Waals surface area contributed by atoms with Crippen LogP contribution in [0.25, 0.3) is 0 Å². The molecule has 2 amide bonds. The monoisotopic (exact) mass is 359 g/mol. The van der Waals surface area contributed by atoms with Gasteiger partial charge in [-0.25, -0.2) is 13.2 Å². The molecule has 0 heterocycles. The molecule has 0 fully saturated rings. The van der Waals surface area contributed by atoms with Gasteiger partial charge in [-0.05, 0) is 30.3 Å². The van der Waals surface area contributed by atoms with Gasteiger partial charge in [0, 0.05) is 5.69 Å². The summed E-state index contributed by atoms with van der Waals surface area (Å²) >= 11 is 11.7. The number of halogens is 2. The van der Waals surface area contributed by atoms with Gasteiger partial charge in [-0.15, -0.1) is 0 Å². The zero-order chi connectivity index (χ0) is 16.3. The normalized spacial score (nSPS) is 11.0. The van der Waals surface area contributed by atoms with E-state index < -0.39 is 16.1 Å². The SMILES string of the molecule is NC(=O)Nc1cccc(NS(=O)(=O)c2cccc(Cl)c2Cl)c1. The zero-order valence-corrected chi connectivity index (χ0v) is 13.3. The number of carbonyl (C=O) groups excluding carboxylic acids is 1. The van der Waals surface area contributed by atoms with Crippen molar-refractivity contribution in [2.24, 2.45) is 5.73 Å². The van der Waals surface area contributed by atoms with Crippen LogP contribution in [0.2, 0.25) is 10.0 Å². The number of nitrogens with one attached hydrogen (secondary N) is 2. The number of primary amides is 1. The van der Waals surface area contributed by atoms with Crippen LogP contribution in [0, 0.1) is 0 Å². The fourth-order valence-corrected chi connectivity index (χ4v) is 3.52. The number of amides is 2. The molecule has 0 saturated carbocycles. The summed E-state index contributed by atoms with van der Waals surface area (Å²) < 4.78 is 27.0. The first kappa shape index (κ1) is 16.4. The summed E-state index contributed by atoms with van der Waals surface area (Å²) in [6, 6.07) is 9.61. The average molecular weight is 360 g/mol. The number of sulfonamides is 1. The van der Waals surface area contributed by atoms with Gasteiger partial charge in [0.25, 0.3) is 10.0 Å². The van der Waals surface area contributed by atoms with Crippen molar-refractivity contribution in [2.75, 3.05) is 10.0 Å².